The number of carbonyl (C=O) groups excluding carboxylic acids is 1. The summed E-state index contributed by atoms with van der Waals surface area (Å²) in [7, 11) is 1.98. The number of likely N-dealkylation sites (tertiary alicyclic amines) is 1. The largest absolute Gasteiger partial charge is 0.356 e. The van der Waals surface area contributed by atoms with Gasteiger partial charge in [0.25, 0.3) is 0 Å². The van der Waals surface area contributed by atoms with E-state index in [1.165, 1.54) is 23.4 Å². The highest BCUT2D eigenvalue weighted by Crippen LogP contribution is 2.46. The Hall–Kier alpha value is -3.55. The Morgan fingerprint density at radius 2 is 2.00 bits per heavy atom. The molecule has 38 heavy (non-hydrogen) atoms. The first kappa shape index (κ1) is 24.8. The van der Waals surface area contributed by atoms with Gasteiger partial charge in [-0.3, -0.25) is 9.48 Å². The van der Waals surface area contributed by atoms with Crippen molar-refractivity contribution in [1.82, 2.24) is 19.7 Å². The second kappa shape index (κ2) is 9.03. The van der Waals surface area contributed by atoms with Gasteiger partial charge >= 0.3 is 0 Å². The lowest BCUT2D eigenvalue weighted by atomic mass is 9.79. The van der Waals surface area contributed by atoms with E-state index in [-0.39, 0.29) is 17.2 Å². The highest BCUT2D eigenvalue weighted by atomic mass is 19.1. The molecule has 2 saturated heterocycles. The van der Waals surface area contributed by atoms with Crippen LogP contribution in [-0.4, -0.2) is 51.8 Å². The summed E-state index contributed by atoms with van der Waals surface area (Å²) in [6.07, 6.45) is 6.69. The third-order valence-corrected chi connectivity index (χ3v) is 8.83. The molecule has 0 unspecified atom stereocenters. The highest BCUT2D eigenvalue weighted by molar-refractivity contribution is 5.88. The van der Waals surface area contributed by atoms with E-state index in [9.17, 15) is 9.18 Å². The zero-order chi connectivity index (χ0) is 26.8. The van der Waals surface area contributed by atoms with Gasteiger partial charge in [-0.2, -0.15) is 5.10 Å². The number of benzene rings is 1. The van der Waals surface area contributed by atoms with Gasteiger partial charge in [-0.25, -0.2) is 13.8 Å². The number of anilines is 1. The van der Waals surface area contributed by atoms with Crippen molar-refractivity contribution in [1.29, 1.82) is 0 Å². The molecule has 1 aliphatic carbocycles. The number of pyridine rings is 1. The van der Waals surface area contributed by atoms with Crippen molar-refractivity contribution < 1.29 is 13.6 Å². The molecule has 0 saturated carbocycles. The smallest absolute Gasteiger partial charge is 0.245 e. The molecule has 3 aliphatic rings. The van der Waals surface area contributed by atoms with Crippen molar-refractivity contribution in [2.45, 2.75) is 45.4 Å². The number of rotatable bonds is 4. The van der Waals surface area contributed by atoms with Crippen molar-refractivity contribution >= 4 is 11.7 Å². The number of amides is 1. The van der Waals surface area contributed by atoms with Crippen LogP contribution in [0, 0.1) is 30.9 Å². The van der Waals surface area contributed by atoms with Crippen LogP contribution in [0.4, 0.5) is 14.6 Å². The van der Waals surface area contributed by atoms with Crippen LogP contribution in [0.25, 0.3) is 11.1 Å². The molecule has 1 amide bonds. The van der Waals surface area contributed by atoms with E-state index >= 15 is 4.39 Å². The fourth-order valence-corrected chi connectivity index (χ4v) is 7.02. The van der Waals surface area contributed by atoms with Gasteiger partial charge in [0, 0.05) is 67.6 Å². The number of aromatic nitrogens is 3. The van der Waals surface area contributed by atoms with Crippen LogP contribution in [0.2, 0.25) is 0 Å². The molecule has 198 valence electrons. The molecular formula is C30H33F2N5O. The predicted molar refractivity (Wildman–Crippen MR) is 143 cm³/mol. The van der Waals surface area contributed by atoms with Gasteiger partial charge < -0.3 is 9.80 Å². The van der Waals surface area contributed by atoms with Gasteiger partial charge in [-0.15, -0.1) is 0 Å². The lowest BCUT2D eigenvalue weighted by molar-refractivity contribution is -0.136. The number of fused-ring (bicyclic) bond motifs is 1. The monoisotopic (exact) mass is 517 g/mol. The Morgan fingerprint density at radius 3 is 2.68 bits per heavy atom. The van der Waals surface area contributed by atoms with E-state index in [4.69, 9.17) is 4.98 Å². The van der Waals surface area contributed by atoms with Crippen molar-refractivity contribution in [2.75, 3.05) is 31.1 Å². The molecule has 1 spiro atoms. The fraction of sp³-hybridized carbons (Fsp3) is 0.433. The first-order valence-corrected chi connectivity index (χ1v) is 13.3. The third-order valence-electron chi connectivity index (χ3n) is 8.83. The molecular weight excluding hydrogens is 484 g/mol. The average Bonchev–Trinajstić information content (AvgIpc) is 3.46. The summed E-state index contributed by atoms with van der Waals surface area (Å²) in [6, 6.07) is 3.86. The van der Waals surface area contributed by atoms with Crippen molar-refractivity contribution in [3.8, 4) is 11.1 Å². The maximum Gasteiger partial charge on any atom is 0.245 e. The summed E-state index contributed by atoms with van der Waals surface area (Å²) in [6.45, 7) is 10.8. The van der Waals surface area contributed by atoms with Crippen LogP contribution in [0.3, 0.4) is 0 Å². The minimum atomic E-state index is -0.580. The molecule has 8 heteroatoms. The summed E-state index contributed by atoms with van der Waals surface area (Å²) in [5.74, 6) is -0.00615. The molecule has 1 atom stereocenters. The van der Waals surface area contributed by atoms with Crippen molar-refractivity contribution in [3.05, 3.63) is 76.8 Å². The Kier molecular flexibility index (Phi) is 5.89. The van der Waals surface area contributed by atoms with Crippen molar-refractivity contribution in [3.63, 3.8) is 0 Å². The SMILES string of the molecule is C=CC(=O)N1CC2(CCN(c3nc4c(c(-c5ccc(F)cc5F)c3C)CC[C@@H](c3c(C)cnn3C)C4)C2)C1. The van der Waals surface area contributed by atoms with Crippen LogP contribution in [0.5, 0.6) is 0 Å². The van der Waals surface area contributed by atoms with Crippen LogP contribution in [0.15, 0.2) is 37.1 Å². The summed E-state index contributed by atoms with van der Waals surface area (Å²) >= 11 is 0. The van der Waals surface area contributed by atoms with Gasteiger partial charge in [0.1, 0.15) is 17.5 Å². The number of carbonyl (C=O) groups is 1. The lowest BCUT2D eigenvalue weighted by Crippen LogP contribution is -2.59. The maximum absolute atomic E-state index is 15.2. The standard InChI is InChI=1S/C30H33F2N5O/c1-5-26(38)37-16-30(17-37)10-11-36(15-30)29-19(3)27(22-9-7-21(31)13-24(22)32)23-8-6-20(12-25(23)34-29)28-18(2)14-33-35(28)4/h5,7,9,13-14,20H,1,6,8,10-12,15-17H2,2-4H3/t20-/m1/s1. The highest BCUT2D eigenvalue weighted by Gasteiger charge is 2.49. The third kappa shape index (κ3) is 3.92. The summed E-state index contributed by atoms with van der Waals surface area (Å²) in [5.41, 5.74) is 6.70. The molecule has 0 bridgehead atoms. The van der Waals surface area contributed by atoms with E-state index in [0.29, 0.717) is 5.56 Å². The number of nitrogens with zero attached hydrogens (tertiary/aromatic N) is 5. The molecule has 2 aliphatic heterocycles. The first-order valence-electron chi connectivity index (χ1n) is 13.3. The van der Waals surface area contributed by atoms with Gasteiger partial charge in [-0.05, 0) is 80.0 Å². The van der Waals surface area contributed by atoms with Crippen LogP contribution in [0.1, 0.15) is 46.8 Å². The zero-order valence-electron chi connectivity index (χ0n) is 22.2. The van der Waals surface area contributed by atoms with E-state index in [1.807, 2.05) is 29.7 Å². The molecule has 6 rings (SSSR count). The van der Waals surface area contributed by atoms with Crippen molar-refractivity contribution in [2.24, 2.45) is 12.5 Å². The maximum atomic E-state index is 15.2. The van der Waals surface area contributed by atoms with E-state index in [2.05, 4.69) is 23.5 Å². The second-order valence-electron chi connectivity index (χ2n) is 11.3. The number of halogens is 2. The van der Waals surface area contributed by atoms with Gasteiger partial charge in [0.2, 0.25) is 5.91 Å². The molecule has 4 heterocycles. The van der Waals surface area contributed by atoms with E-state index in [0.717, 1.165) is 86.1 Å². The Morgan fingerprint density at radius 1 is 1.21 bits per heavy atom. The molecule has 1 aromatic carbocycles. The van der Waals surface area contributed by atoms with Gasteiger partial charge in [0.15, 0.2) is 0 Å². The Balaban J connectivity index is 1.41. The number of hydrogen-bond acceptors (Lipinski definition) is 4. The summed E-state index contributed by atoms with van der Waals surface area (Å²) in [4.78, 5) is 21.4. The normalized spacial score (nSPS) is 20.0. The minimum Gasteiger partial charge on any atom is -0.356 e. The van der Waals surface area contributed by atoms with Crippen LogP contribution >= 0.6 is 0 Å². The predicted octanol–water partition coefficient (Wildman–Crippen LogP) is 4.87. The minimum absolute atomic E-state index is 0.0252. The number of hydrogen-bond donors (Lipinski definition) is 0. The molecule has 2 aromatic heterocycles. The number of aryl methyl sites for hydroxylation is 2. The second-order valence-corrected chi connectivity index (χ2v) is 11.3. The Bertz CT molecular complexity index is 1440. The van der Waals surface area contributed by atoms with Gasteiger partial charge in [-0.1, -0.05) is 6.58 Å². The average molecular weight is 518 g/mol. The van der Waals surface area contributed by atoms with Gasteiger partial charge in [0.05, 0.1) is 6.20 Å². The molecule has 0 N–H and O–H groups in total. The topological polar surface area (TPSA) is 54.3 Å². The first-order chi connectivity index (χ1) is 18.2. The van der Waals surface area contributed by atoms with Crippen LogP contribution < -0.4 is 4.90 Å². The molecule has 0 radical (unpaired) electrons. The quantitative estimate of drug-likeness (QED) is 0.463. The Labute approximate surface area is 222 Å². The van der Waals surface area contributed by atoms with E-state index < -0.39 is 11.6 Å². The van der Waals surface area contributed by atoms with E-state index in [1.54, 1.807) is 6.07 Å². The lowest BCUT2D eigenvalue weighted by Gasteiger charge is -2.47. The molecule has 3 aromatic rings. The molecule has 2 fully saturated rings. The fourth-order valence-electron chi connectivity index (χ4n) is 7.02. The summed E-state index contributed by atoms with van der Waals surface area (Å²) in [5, 5.41) is 4.45. The molecule has 6 nitrogen and oxygen atoms in total. The zero-order valence-corrected chi connectivity index (χ0v) is 22.2. The summed E-state index contributed by atoms with van der Waals surface area (Å²) < 4.78 is 31.0. The van der Waals surface area contributed by atoms with Crippen LogP contribution in [-0.2, 0) is 24.7 Å².